The first kappa shape index (κ1) is 22.5. The molecule has 1 aliphatic rings. The van der Waals surface area contributed by atoms with Gasteiger partial charge in [0.15, 0.2) is 5.96 Å². The molecule has 0 bridgehead atoms. The molecule has 158 valence electrons. The summed E-state index contributed by atoms with van der Waals surface area (Å²) in [6.07, 6.45) is -1.80. The molecule has 1 aromatic rings. The van der Waals surface area contributed by atoms with Gasteiger partial charge in [0.05, 0.1) is 12.1 Å². The molecule has 2 rings (SSSR count). The van der Waals surface area contributed by atoms with Gasteiger partial charge in [0.1, 0.15) is 0 Å². The first-order valence-electron chi connectivity index (χ1n) is 9.70. The molecule has 28 heavy (non-hydrogen) atoms. The Labute approximate surface area is 165 Å². The highest BCUT2D eigenvalue weighted by atomic mass is 19.4. The average molecular weight is 400 g/mol. The number of alkyl halides is 3. The maximum absolute atomic E-state index is 12.6. The number of nitrogens with one attached hydrogen (secondary N) is 2. The standard InChI is InChI=1S/C20H31F3N4O/c1-4-24-18(26-15-19(27(2)3)10-13-28-14-11-19)25-12-9-16-5-7-17(8-6-16)20(21,22)23/h5-8H,4,9-15H2,1-3H3,(H2,24,25,26). The maximum atomic E-state index is 12.6. The minimum absolute atomic E-state index is 0.00593. The normalized spacial score (nSPS) is 17.6. The molecular weight excluding hydrogens is 369 g/mol. The molecule has 0 atom stereocenters. The van der Waals surface area contributed by atoms with Crippen LogP contribution >= 0.6 is 0 Å². The molecule has 1 aliphatic heterocycles. The second kappa shape index (κ2) is 10.1. The molecule has 2 N–H and O–H groups in total. The highest BCUT2D eigenvalue weighted by molar-refractivity contribution is 5.79. The minimum atomic E-state index is -4.30. The first-order valence-corrected chi connectivity index (χ1v) is 9.70. The van der Waals surface area contributed by atoms with Crippen LogP contribution in [-0.2, 0) is 17.3 Å². The Kier molecular flexibility index (Phi) is 8.12. The lowest BCUT2D eigenvalue weighted by Crippen LogP contribution is -2.51. The van der Waals surface area contributed by atoms with Gasteiger partial charge in [-0.15, -0.1) is 0 Å². The minimum Gasteiger partial charge on any atom is -0.381 e. The van der Waals surface area contributed by atoms with Gasteiger partial charge >= 0.3 is 6.18 Å². The van der Waals surface area contributed by atoms with Crippen molar-refractivity contribution < 1.29 is 17.9 Å². The molecule has 5 nitrogen and oxygen atoms in total. The molecular formula is C20H31F3N4O. The summed E-state index contributed by atoms with van der Waals surface area (Å²) in [4.78, 5) is 6.98. The molecule has 0 unspecified atom stereocenters. The molecule has 0 amide bonds. The Morgan fingerprint density at radius 3 is 2.32 bits per heavy atom. The average Bonchev–Trinajstić information content (AvgIpc) is 2.66. The van der Waals surface area contributed by atoms with Gasteiger partial charge in [0.25, 0.3) is 0 Å². The van der Waals surface area contributed by atoms with Crippen molar-refractivity contribution in [3.8, 4) is 0 Å². The second-order valence-corrected chi connectivity index (χ2v) is 7.30. The zero-order valence-electron chi connectivity index (χ0n) is 16.9. The van der Waals surface area contributed by atoms with Crippen LogP contribution in [0.1, 0.15) is 30.9 Å². The molecule has 1 fully saturated rings. The van der Waals surface area contributed by atoms with Crippen molar-refractivity contribution >= 4 is 5.96 Å². The Balaban J connectivity index is 1.92. The van der Waals surface area contributed by atoms with Crippen LogP contribution in [0, 0.1) is 0 Å². The summed E-state index contributed by atoms with van der Waals surface area (Å²) in [6, 6.07) is 5.30. The van der Waals surface area contributed by atoms with Crippen LogP contribution in [-0.4, -0.2) is 63.3 Å². The number of rotatable bonds is 7. The lowest BCUT2D eigenvalue weighted by Gasteiger charge is -2.41. The second-order valence-electron chi connectivity index (χ2n) is 7.30. The summed E-state index contributed by atoms with van der Waals surface area (Å²) in [7, 11) is 4.15. The predicted molar refractivity (Wildman–Crippen MR) is 106 cm³/mol. The van der Waals surface area contributed by atoms with Gasteiger partial charge in [-0.1, -0.05) is 12.1 Å². The highest BCUT2D eigenvalue weighted by Gasteiger charge is 2.34. The van der Waals surface area contributed by atoms with E-state index in [1.807, 2.05) is 6.92 Å². The smallest absolute Gasteiger partial charge is 0.381 e. The van der Waals surface area contributed by atoms with E-state index in [1.54, 1.807) is 0 Å². The number of hydrogen-bond donors (Lipinski definition) is 2. The Morgan fingerprint density at radius 1 is 1.14 bits per heavy atom. The van der Waals surface area contributed by atoms with E-state index in [0.29, 0.717) is 19.5 Å². The van der Waals surface area contributed by atoms with E-state index in [9.17, 15) is 13.2 Å². The number of nitrogens with zero attached hydrogens (tertiary/aromatic N) is 2. The van der Waals surface area contributed by atoms with Crippen molar-refractivity contribution in [2.75, 3.05) is 46.9 Å². The molecule has 0 aromatic heterocycles. The van der Waals surface area contributed by atoms with Crippen molar-refractivity contribution in [1.82, 2.24) is 15.5 Å². The topological polar surface area (TPSA) is 48.9 Å². The third kappa shape index (κ3) is 6.38. The van der Waals surface area contributed by atoms with Crippen molar-refractivity contribution in [2.24, 2.45) is 4.99 Å². The molecule has 1 saturated heterocycles. The van der Waals surface area contributed by atoms with Crippen molar-refractivity contribution in [2.45, 2.75) is 37.9 Å². The Hall–Kier alpha value is -1.80. The molecule has 8 heteroatoms. The van der Waals surface area contributed by atoms with Crippen molar-refractivity contribution in [3.63, 3.8) is 0 Å². The summed E-state index contributed by atoms with van der Waals surface area (Å²) in [6.45, 7) is 5.48. The van der Waals surface area contributed by atoms with Gasteiger partial charge in [-0.05, 0) is 58.0 Å². The fourth-order valence-corrected chi connectivity index (χ4v) is 3.25. The number of halogens is 3. The largest absolute Gasteiger partial charge is 0.416 e. The Morgan fingerprint density at radius 2 is 1.79 bits per heavy atom. The van der Waals surface area contributed by atoms with Gasteiger partial charge < -0.3 is 20.3 Å². The van der Waals surface area contributed by atoms with Crippen LogP contribution in [0.15, 0.2) is 29.3 Å². The monoisotopic (exact) mass is 400 g/mol. The van der Waals surface area contributed by atoms with Crippen LogP contribution in [0.3, 0.4) is 0 Å². The van der Waals surface area contributed by atoms with Crippen LogP contribution in [0.5, 0.6) is 0 Å². The van der Waals surface area contributed by atoms with Crippen LogP contribution < -0.4 is 10.6 Å². The zero-order chi connectivity index (χ0) is 20.6. The van der Waals surface area contributed by atoms with Gasteiger partial charge in [-0.3, -0.25) is 4.99 Å². The summed E-state index contributed by atoms with van der Waals surface area (Å²) in [5.41, 5.74) is 0.226. The summed E-state index contributed by atoms with van der Waals surface area (Å²) < 4.78 is 43.4. The summed E-state index contributed by atoms with van der Waals surface area (Å²) in [5, 5.41) is 6.51. The van der Waals surface area contributed by atoms with Crippen LogP contribution in [0.2, 0.25) is 0 Å². The van der Waals surface area contributed by atoms with Crippen LogP contribution in [0.25, 0.3) is 0 Å². The van der Waals surface area contributed by atoms with E-state index < -0.39 is 11.7 Å². The zero-order valence-corrected chi connectivity index (χ0v) is 16.9. The third-order valence-electron chi connectivity index (χ3n) is 5.24. The van der Waals surface area contributed by atoms with Crippen molar-refractivity contribution in [3.05, 3.63) is 35.4 Å². The molecule has 1 heterocycles. The molecule has 0 spiro atoms. The number of aliphatic imine (C=N–C) groups is 1. The van der Waals surface area contributed by atoms with Gasteiger partial charge in [-0.25, -0.2) is 0 Å². The van der Waals surface area contributed by atoms with E-state index in [1.165, 1.54) is 12.1 Å². The van der Waals surface area contributed by atoms with E-state index >= 15 is 0 Å². The lowest BCUT2D eigenvalue weighted by atomic mass is 9.89. The van der Waals surface area contributed by atoms with E-state index in [-0.39, 0.29) is 5.54 Å². The van der Waals surface area contributed by atoms with E-state index in [4.69, 9.17) is 9.73 Å². The quantitative estimate of drug-likeness (QED) is 0.546. The molecule has 0 aliphatic carbocycles. The van der Waals surface area contributed by atoms with Gasteiger partial charge in [-0.2, -0.15) is 13.2 Å². The maximum Gasteiger partial charge on any atom is 0.416 e. The molecule has 0 radical (unpaired) electrons. The number of likely N-dealkylation sites (N-methyl/N-ethyl adjacent to an activating group) is 1. The predicted octanol–water partition coefficient (Wildman–Crippen LogP) is 2.91. The number of guanidine groups is 1. The summed E-state index contributed by atoms with van der Waals surface area (Å²) >= 11 is 0. The molecule has 1 aromatic carbocycles. The summed E-state index contributed by atoms with van der Waals surface area (Å²) in [5.74, 6) is 0.724. The van der Waals surface area contributed by atoms with Gasteiger partial charge in [0, 0.05) is 31.8 Å². The fraction of sp³-hybridized carbons (Fsp3) is 0.650. The van der Waals surface area contributed by atoms with Gasteiger partial charge in [0.2, 0.25) is 0 Å². The highest BCUT2D eigenvalue weighted by Crippen LogP contribution is 2.29. The van der Waals surface area contributed by atoms with E-state index in [2.05, 4.69) is 29.6 Å². The number of hydrogen-bond acceptors (Lipinski definition) is 3. The first-order chi connectivity index (χ1) is 13.3. The van der Waals surface area contributed by atoms with E-state index in [0.717, 1.165) is 56.3 Å². The SMILES string of the molecule is CCNC(=NCC1(N(C)C)CCOCC1)NCCc1ccc(C(F)(F)F)cc1. The van der Waals surface area contributed by atoms with Crippen molar-refractivity contribution in [1.29, 1.82) is 0 Å². The van der Waals surface area contributed by atoms with Crippen LogP contribution in [0.4, 0.5) is 13.2 Å². The fourth-order valence-electron chi connectivity index (χ4n) is 3.25. The molecule has 0 saturated carbocycles. The lowest BCUT2D eigenvalue weighted by molar-refractivity contribution is -0.137. The number of ether oxygens (including phenoxy) is 1. The Bertz CT molecular complexity index is 623. The number of benzene rings is 1. The third-order valence-corrected chi connectivity index (χ3v) is 5.24.